The SMILES string of the molecule is ClCCCC/C(=C(\c1ccccc1)c1cnc2ccccc2c1)c1ccc(Cl)cc1. The molecule has 0 atom stereocenters. The van der Waals surface area contributed by atoms with Crippen molar-refractivity contribution in [3.8, 4) is 0 Å². The van der Waals surface area contributed by atoms with Crippen LogP contribution in [0, 0.1) is 0 Å². The van der Waals surface area contributed by atoms with E-state index in [0.717, 1.165) is 40.8 Å². The Bertz CT molecular complexity index is 1150. The molecule has 1 heterocycles. The van der Waals surface area contributed by atoms with Gasteiger partial charge in [0.25, 0.3) is 0 Å². The zero-order valence-corrected chi connectivity index (χ0v) is 18.2. The Morgan fingerprint density at radius 1 is 0.733 bits per heavy atom. The van der Waals surface area contributed by atoms with Crippen LogP contribution in [0.25, 0.3) is 22.0 Å². The number of pyridine rings is 1. The molecule has 0 saturated carbocycles. The lowest BCUT2D eigenvalue weighted by atomic mass is 9.87. The first kappa shape index (κ1) is 20.7. The average Bonchev–Trinajstić information content (AvgIpc) is 2.80. The Morgan fingerprint density at radius 3 is 2.23 bits per heavy atom. The van der Waals surface area contributed by atoms with Gasteiger partial charge in [-0.25, -0.2) is 0 Å². The number of halogens is 2. The Labute approximate surface area is 188 Å². The van der Waals surface area contributed by atoms with Gasteiger partial charge < -0.3 is 0 Å². The number of hydrogen-bond donors (Lipinski definition) is 0. The summed E-state index contributed by atoms with van der Waals surface area (Å²) in [5.41, 5.74) is 7.00. The van der Waals surface area contributed by atoms with Crippen LogP contribution in [0.1, 0.15) is 36.0 Å². The third kappa shape index (κ3) is 4.75. The fourth-order valence-electron chi connectivity index (χ4n) is 3.79. The minimum atomic E-state index is 0.673. The van der Waals surface area contributed by atoms with Crippen molar-refractivity contribution in [2.45, 2.75) is 19.3 Å². The topological polar surface area (TPSA) is 12.9 Å². The van der Waals surface area contributed by atoms with Crippen molar-refractivity contribution in [1.82, 2.24) is 4.98 Å². The third-order valence-electron chi connectivity index (χ3n) is 5.25. The van der Waals surface area contributed by atoms with E-state index in [1.54, 1.807) is 0 Å². The number of nitrogens with zero attached hydrogens (tertiary/aromatic N) is 1. The maximum absolute atomic E-state index is 6.18. The van der Waals surface area contributed by atoms with Crippen LogP contribution in [0.15, 0.2) is 91.1 Å². The van der Waals surface area contributed by atoms with Gasteiger partial charge in [-0.05, 0) is 65.8 Å². The van der Waals surface area contributed by atoms with E-state index < -0.39 is 0 Å². The number of para-hydroxylation sites is 1. The van der Waals surface area contributed by atoms with Crippen LogP contribution in [0.4, 0.5) is 0 Å². The van der Waals surface area contributed by atoms with E-state index in [2.05, 4.69) is 60.7 Å². The lowest BCUT2D eigenvalue weighted by Gasteiger charge is -2.18. The Balaban J connectivity index is 1.95. The molecule has 0 spiro atoms. The summed E-state index contributed by atoms with van der Waals surface area (Å²) in [5.74, 6) is 0.673. The minimum absolute atomic E-state index is 0.673. The van der Waals surface area contributed by atoms with E-state index in [-0.39, 0.29) is 0 Å². The number of benzene rings is 3. The molecule has 150 valence electrons. The molecule has 1 aromatic heterocycles. The van der Waals surface area contributed by atoms with Gasteiger partial charge in [0, 0.05) is 28.0 Å². The summed E-state index contributed by atoms with van der Waals surface area (Å²) in [6.07, 6.45) is 4.93. The molecule has 4 rings (SSSR count). The van der Waals surface area contributed by atoms with Gasteiger partial charge in [0.15, 0.2) is 0 Å². The third-order valence-corrected chi connectivity index (χ3v) is 5.77. The van der Waals surface area contributed by atoms with Gasteiger partial charge in [0.2, 0.25) is 0 Å². The lowest BCUT2D eigenvalue weighted by molar-refractivity contribution is 0.830. The summed E-state index contributed by atoms with van der Waals surface area (Å²) in [7, 11) is 0. The van der Waals surface area contributed by atoms with Crippen LogP contribution in [0.5, 0.6) is 0 Å². The van der Waals surface area contributed by atoms with Gasteiger partial charge in [-0.15, -0.1) is 11.6 Å². The molecule has 0 bridgehead atoms. The standard InChI is InChI=1S/C27H23Cl2N/c28-17-7-6-11-25(20-13-15-24(29)16-14-20)27(21-8-2-1-3-9-21)23-18-22-10-4-5-12-26(22)30-19-23/h1-5,8-10,12-16,18-19H,6-7,11,17H2/b27-25-. The molecule has 3 aromatic carbocycles. The van der Waals surface area contributed by atoms with E-state index in [1.807, 2.05) is 30.5 Å². The monoisotopic (exact) mass is 431 g/mol. The quantitative estimate of drug-likeness (QED) is 0.163. The van der Waals surface area contributed by atoms with Crippen molar-refractivity contribution in [3.63, 3.8) is 0 Å². The van der Waals surface area contributed by atoms with Gasteiger partial charge in [-0.1, -0.05) is 72.3 Å². The Kier molecular flexibility index (Phi) is 6.84. The van der Waals surface area contributed by atoms with Gasteiger partial charge in [0.05, 0.1) is 5.52 Å². The number of hydrogen-bond acceptors (Lipinski definition) is 1. The van der Waals surface area contributed by atoms with Gasteiger partial charge in [0.1, 0.15) is 0 Å². The van der Waals surface area contributed by atoms with E-state index >= 15 is 0 Å². The summed E-state index contributed by atoms with van der Waals surface area (Å²) < 4.78 is 0. The molecule has 4 aromatic rings. The Morgan fingerprint density at radius 2 is 1.47 bits per heavy atom. The molecule has 0 radical (unpaired) electrons. The number of aromatic nitrogens is 1. The normalized spacial score (nSPS) is 12.1. The van der Waals surface area contributed by atoms with E-state index in [9.17, 15) is 0 Å². The second kappa shape index (κ2) is 9.93. The molecular formula is C27H23Cl2N. The van der Waals surface area contributed by atoms with E-state index in [4.69, 9.17) is 28.2 Å². The fraction of sp³-hybridized carbons (Fsp3) is 0.148. The van der Waals surface area contributed by atoms with Crippen LogP contribution in [0.2, 0.25) is 5.02 Å². The Hall–Kier alpha value is -2.61. The molecule has 0 fully saturated rings. The maximum Gasteiger partial charge on any atom is 0.0702 e. The molecule has 0 unspecified atom stereocenters. The lowest BCUT2D eigenvalue weighted by Crippen LogP contribution is -1.97. The highest BCUT2D eigenvalue weighted by Crippen LogP contribution is 2.36. The molecule has 0 aliphatic rings. The summed E-state index contributed by atoms with van der Waals surface area (Å²) in [4.78, 5) is 4.74. The largest absolute Gasteiger partial charge is 0.256 e. The zero-order valence-electron chi connectivity index (χ0n) is 16.7. The predicted octanol–water partition coefficient (Wildman–Crippen LogP) is 8.26. The number of rotatable bonds is 7. The number of unbranched alkanes of at least 4 members (excludes halogenated alkanes) is 1. The molecule has 0 N–H and O–H groups in total. The summed E-state index contributed by atoms with van der Waals surface area (Å²) in [6.45, 7) is 0. The van der Waals surface area contributed by atoms with Gasteiger partial charge in [-0.2, -0.15) is 0 Å². The van der Waals surface area contributed by atoms with Crippen molar-refractivity contribution in [3.05, 3.63) is 113 Å². The number of allylic oxidation sites excluding steroid dienone is 1. The second-order valence-electron chi connectivity index (χ2n) is 7.29. The van der Waals surface area contributed by atoms with Crippen LogP contribution < -0.4 is 0 Å². The van der Waals surface area contributed by atoms with E-state index in [1.165, 1.54) is 22.3 Å². The molecule has 0 aliphatic heterocycles. The second-order valence-corrected chi connectivity index (χ2v) is 8.10. The zero-order chi connectivity index (χ0) is 20.8. The average molecular weight is 432 g/mol. The first-order chi connectivity index (χ1) is 14.8. The smallest absolute Gasteiger partial charge is 0.0702 e. The molecule has 1 nitrogen and oxygen atoms in total. The predicted molar refractivity (Wildman–Crippen MR) is 130 cm³/mol. The minimum Gasteiger partial charge on any atom is -0.256 e. The van der Waals surface area contributed by atoms with Crippen LogP contribution in [-0.2, 0) is 0 Å². The summed E-state index contributed by atoms with van der Waals surface area (Å²) in [6, 6.07) is 29.2. The summed E-state index contributed by atoms with van der Waals surface area (Å²) in [5, 5.41) is 1.88. The molecule has 0 aliphatic carbocycles. The van der Waals surface area contributed by atoms with Crippen LogP contribution in [0.3, 0.4) is 0 Å². The molecule has 0 amide bonds. The summed E-state index contributed by atoms with van der Waals surface area (Å²) >= 11 is 12.2. The van der Waals surface area contributed by atoms with Gasteiger partial charge in [-0.3, -0.25) is 4.98 Å². The first-order valence-corrected chi connectivity index (χ1v) is 11.1. The molecule has 30 heavy (non-hydrogen) atoms. The van der Waals surface area contributed by atoms with Crippen LogP contribution in [-0.4, -0.2) is 10.9 Å². The molecule has 0 saturated heterocycles. The van der Waals surface area contributed by atoms with Crippen molar-refractivity contribution >= 4 is 45.3 Å². The highest BCUT2D eigenvalue weighted by molar-refractivity contribution is 6.30. The number of fused-ring (bicyclic) bond motifs is 1. The van der Waals surface area contributed by atoms with Crippen molar-refractivity contribution < 1.29 is 0 Å². The van der Waals surface area contributed by atoms with Crippen LogP contribution >= 0.6 is 23.2 Å². The highest BCUT2D eigenvalue weighted by Gasteiger charge is 2.15. The fourth-order valence-corrected chi connectivity index (χ4v) is 4.10. The van der Waals surface area contributed by atoms with Gasteiger partial charge >= 0.3 is 0 Å². The molecular weight excluding hydrogens is 409 g/mol. The van der Waals surface area contributed by atoms with E-state index in [0.29, 0.717) is 5.88 Å². The molecule has 3 heteroatoms. The van der Waals surface area contributed by atoms with Crippen molar-refractivity contribution in [1.29, 1.82) is 0 Å². The van der Waals surface area contributed by atoms with Crippen molar-refractivity contribution in [2.75, 3.05) is 5.88 Å². The van der Waals surface area contributed by atoms with Crippen molar-refractivity contribution in [2.24, 2.45) is 0 Å². The highest BCUT2D eigenvalue weighted by atomic mass is 35.5. The maximum atomic E-state index is 6.18. The first-order valence-electron chi connectivity index (χ1n) is 10.2. The number of alkyl halides is 1.